The molecule has 3 unspecified atom stereocenters. The second kappa shape index (κ2) is 15.2. The van der Waals surface area contributed by atoms with Crippen molar-refractivity contribution in [3.63, 3.8) is 0 Å². The number of primary amides is 1. The van der Waals surface area contributed by atoms with E-state index in [4.69, 9.17) is 41.0 Å². The Kier molecular flexibility index (Phi) is 10.6. The number of fused-ring (bicyclic) bond motifs is 2. The van der Waals surface area contributed by atoms with Gasteiger partial charge in [0.1, 0.15) is 52.9 Å². The van der Waals surface area contributed by atoms with Crippen LogP contribution in [0.4, 0.5) is 4.79 Å². The number of ether oxygens (including phenoxy) is 5. The smallest absolute Gasteiger partial charge is 0.408 e. The van der Waals surface area contributed by atoms with E-state index in [-0.39, 0.29) is 36.0 Å². The van der Waals surface area contributed by atoms with Gasteiger partial charge in [-0.05, 0) is 48.1 Å². The fourth-order valence-electron chi connectivity index (χ4n) is 7.87. The van der Waals surface area contributed by atoms with Crippen LogP contribution in [-0.4, -0.2) is 113 Å². The number of hydrogen-bond donors (Lipinski definition) is 3. The third kappa shape index (κ3) is 8.26. The largest absolute Gasteiger partial charge is 0.491 e. The van der Waals surface area contributed by atoms with Crippen LogP contribution < -0.4 is 25.3 Å². The first-order valence-corrected chi connectivity index (χ1v) is 18.7. The van der Waals surface area contributed by atoms with Crippen LogP contribution in [0.1, 0.15) is 47.0 Å². The molecular formula is C37H48ClN7O8. The number of aromatic nitrogens is 3. The second-order valence-corrected chi connectivity index (χ2v) is 15.9. The van der Waals surface area contributed by atoms with Crippen LogP contribution in [0.5, 0.6) is 23.4 Å². The molecule has 3 aromatic rings. The number of hydrogen-bond acceptors (Lipinski definition) is 11. The highest BCUT2D eigenvalue weighted by molar-refractivity contribution is 6.36. The Balaban J connectivity index is 1.09. The average Bonchev–Trinajstić information content (AvgIpc) is 3.64. The molecule has 4 N–H and O–H groups in total. The number of imidazole rings is 1. The number of carbonyl (C=O) groups is 3. The normalized spacial score (nSPS) is 26.2. The van der Waals surface area contributed by atoms with E-state index in [1.807, 2.05) is 20.8 Å². The van der Waals surface area contributed by atoms with Crippen molar-refractivity contribution in [2.24, 2.45) is 28.9 Å². The predicted octanol–water partition coefficient (Wildman–Crippen LogP) is 4.13. The van der Waals surface area contributed by atoms with Gasteiger partial charge < -0.3 is 44.6 Å². The molecule has 4 aliphatic rings. The molecule has 2 aliphatic heterocycles. The summed E-state index contributed by atoms with van der Waals surface area (Å²) >= 11 is 6.91. The van der Waals surface area contributed by atoms with Crippen LogP contribution in [0, 0.1) is 23.2 Å². The number of amides is 3. The van der Waals surface area contributed by atoms with Gasteiger partial charge in [0.05, 0.1) is 19.8 Å². The Morgan fingerprint density at radius 3 is 2.55 bits per heavy atom. The highest BCUT2D eigenvalue weighted by Gasteiger charge is 2.54. The van der Waals surface area contributed by atoms with Gasteiger partial charge in [-0.25, -0.2) is 14.8 Å². The van der Waals surface area contributed by atoms with Crippen LogP contribution in [0.2, 0.25) is 5.02 Å². The molecule has 286 valence electrons. The lowest BCUT2D eigenvalue weighted by atomic mass is 9.85. The number of carbonyl (C=O) groups excluding carboxylic acids is 3. The first kappa shape index (κ1) is 37.0. The lowest BCUT2D eigenvalue weighted by Crippen LogP contribution is -2.57. The van der Waals surface area contributed by atoms with Gasteiger partial charge in [-0.3, -0.25) is 14.5 Å². The fourth-order valence-corrected chi connectivity index (χ4v) is 8.13. The Labute approximate surface area is 313 Å². The molecule has 2 aliphatic carbocycles. The Hall–Kier alpha value is -4.34. The van der Waals surface area contributed by atoms with Gasteiger partial charge in [0, 0.05) is 49.9 Å². The third-order valence-corrected chi connectivity index (χ3v) is 11.3. The van der Waals surface area contributed by atoms with Gasteiger partial charge in [-0.15, -0.1) is 0 Å². The molecule has 4 heterocycles. The van der Waals surface area contributed by atoms with Crippen molar-refractivity contribution < 1.29 is 38.1 Å². The Bertz CT molecular complexity index is 1800. The number of rotatable bonds is 12. The van der Waals surface area contributed by atoms with Gasteiger partial charge in [-0.2, -0.15) is 0 Å². The molecule has 2 saturated heterocycles. The number of alkyl carbamates (subject to hydrolysis) is 1. The van der Waals surface area contributed by atoms with Crippen molar-refractivity contribution in [2.75, 3.05) is 46.0 Å². The van der Waals surface area contributed by atoms with Crippen molar-refractivity contribution in [1.82, 2.24) is 30.1 Å². The standard InChI is InChI=1S/C37H48ClN7O8/c1-20-24-15-21(16-25(20)24)52-36(48)43-32(37(2,3)4)34(47)45-19-22(17-26(45)33(39)46)51-28-18-29(53-35-40-7-8-41-35)42-31-23(28)5-6-27(30(31)38)50-14-11-44-9-12-49-13-10-44/h5-8,18,20-22,24-26,32H,9-17,19H2,1-4H3,(H2,39,46)(H,40,41)(H,43,48)/t20?,21?,22?,24-,25+,26-,32+/m0/s1. The molecule has 16 heteroatoms. The first-order valence-electron chi connectivity index (χ1n) is 18.3. The third-order valence-electron chi connectivity index (χ3n) is 10.9. The zero-order valence-corrected chi connectivity index (χ0v) is 31.3. The van der Waals surface area contributed by atoms with E-state index in [9.17, 15) is 14.4 Å². The summed E-state index contributed by atoms with van der Waals surface area (Å²) in [6.45, 7) is 12.0. The number of nitrogens with two attached hydrogens (primary N) is 1. The summed E-state index contributed by atoms with van der Waals surface area (Å²) in [7, 11) is 0. The average molecular weight is 754 g/mol. The van der Waals surface area contributed by atoms with Crippen LogP contribution in [0.15, 0.2) is 30.6 Å². The number of halogens is 1. The summed E-state index contributed by atoms with van der Waals surface area (Å²) in [4.78, 5) is 55.4. The number of nitrogens with zero attached hydrogens (tertiary/aromatic N) is 4. The number of H-pyrrole nitrogens is 1. The molecule has 53 heavy (non-hydrogen) atoms. The van der Waals surface area contributed by atoms with Gasteiger partial charge >= 0.3 is 6.09 Å². The number of morpholine rings is 1. The molecule has 0 bridgehead atoms. The molecule has 4 fully saturated rings. The van der Waals surface area contributed by atoms with Crippen molar-refractivity contribution >= 4 is 40.4 Å². The number of benzene rings is 1. The molecule has 0 spiro atoms. The highest BCUT2D eigenvalue weighted by Crippen LogP contribution is 2.57. The molecule has 7 rings (SSSR count). The summed E-state index contributed by atoms with van der Waals surface area (Å²) in [5, 5.41) is 3.65. The number of nitrogens with one attached hydrogen (secondary N) is 2. The molecule has 0 radical (unpaired) electrons. The minimum absolute atomic E-state index is 0.0360. The highest BCUT2D eigenvalue weighted by atomic mass is 35.5. The molecule has 2 saturated carbocycles. The van der Waals surface area contributed by atoms with E-state index in [0.29, 0.717) is 66.5 Å². The summed E-state index contributed by atoms with van der Waals surface area (Å²) in [5.74, 6) is 1.72. The maximum absolute atomic E-state index is 14.2. The lowest BCUT2D eigenvalue weighted by molar-refractivity contribution is -0.141. The van der Waals surface area contributed by atoms with Crippen molar-refractivity contribution in [1.29, 1.82) is 0 Å². The Morgan fingerprint density at radius 1 is 1.11 bits per heavy atom. The van der Waals surface area contributed by atoms with E-state index in [1.54, 1.807) is 30.6 Å². The van der Waals surface area contributed by atoms with E-state index in [0.717, 1.165) is 25.9 Å². The number of aromatic amines is 1. The Morgan fingerprint density at radius 2 is 1.87 bits per heavy atom. The van der Waals surface area contributed by atoms with Crippen molar-refractivity contribution in [3.8, 4) is 23.4 Å². The predicted molar refractivity (Wildman–Crippen MR) is 194 cm³/mol. The maximum Gasteiger partial charge on any atom is 0.408 e. The molecule has 2 aromatic heterocycles. The van der Waals surface area contributed by atoms with Crippen LogP contribution in [0.25, 0.3) is 10.9 Å². The van der Waals surface area contributed by atoms with E-state index in [2.05, 4.69) is 32.1 Å². The monoisotopic (exact) mass is 753 g/mol. The fraction of sp³-hybridized carbons (Fsp3) is 0.595. The van der Waals surface area contributed by atoms with Crippen LogP contribution >= 0.6 is 11.6 Å². The SMILES string of the molecule is CC1[C@H]2CC(OC(=O)N[C@H](C(=O)N3CC(Oc4cc(Oc5ncc[nH]5)nc5c(Cl)c(OCCN6CCOCC6)ccc45)C[C@H]3C(N)=O)C(C)(C)C)C[C@@H]12. The maximum atomic E-state index is 14.2. The van der Waals surface area contributed by atoms with Crippen molar-refractivity contribution in [3.05, 3.63) is 35.6 Å². The van der Waals surface area contributed by atoms with Gasteiger partial charge in [0.25, 0.3) is 6.01 Å². The molecule has 1 aromatic carbocycles. The minimum atomic E-state index is -0.985. The zero-order valence-electron chi connectivity index (χ0n) is 30.5. The van der Waals surface area contributed by atoms with E-state index < -0.39 is 41.5 Å². The van der Waals surface area contributed by atoms with Gasteiger partial charge in [-0.1, -0.05) is 39.3 Å². The first-order chi connectivity index (χ1) is 25.4. The summed E-state index contributed by atoms with van der Waals surface area (Å²) in [6.07, 6.45) is 3.51. The summed E-state index contributed by atoms with van der Waals surface area (Å²) in [6, 6.07) is 3.42. The molecule has 7 atom stereocenters. The summed E-state index contributed by atoms with van der Waals surface area (Å²) in [5.41, 5.74) is 5.53. The molecular weight excluding hydrogens is 706 g/mol. The quantitative estimate of drug-likeness (QED) is 0.242. The topological polar surface area (TPSA) is 183 Å². The van der Waals surface area contributed by atoms with E-state index >= 15 is 0 Å². The van der Waals surface area contributed by atoms with Gasteiger partial charge in [0.2, 0.25) is 17.7 Å². The van der Waals surface area contributed by atoms with Gasteiger partial charge in [0.15, 0.2) is 0 Å². The summed E-state index contributed by atoms with van der Waals surface area (Å²) < 4.78 is 29.7. The van der Waals surface area contributed by atoms with E-state index in [1.165, 1.54) is 4.90 Å². The van der Waals surface area contributed by atoms with Crippen LogP contribution in [-0.2, 0) is 19.1 Å². The molecule has 15 nitrogen and oxygen atoms in total. The zero-order chi connectivity index (χ0) is 37.4. The lowest BCUT2D eigenvalue weighted by Gasteiger charge is -2.35. The second-order valence-electron chi connectivity index (χ2n) is 15.5. The van der Waals surface area contributed by atoms with Crippen molar-refractivity contribution in [2.45, 2.75) is 71.2 Å². The number of likely N-dealkylation sites (tertiary alicyclic amines) is 1. The minimum Gasteiger partial charge on any atom is -0.491 e. The van der Waals surface area contributed by atoms with Crippen LogP contribution in [0.3, 0.4) is 0 Å². The molecule has 3 amide bonds. The number of pyridine rings is 1.